The van der Waals surface area contributed by atoms with E-state index in [1.54, 1.807) is 4.68 Å². The van der Waals surface area contributed by atoms with Crippen molar-refractivity contribution in [3.05, 3.63) is 78.1 Å². The molecule has 22 heavy (non-hydrogen) atoms. The van der Waals surface area contributed by atoms with Crippen LogP contribution in [0.15, 0.2) is 66.7 Å². The molecule has 0 saturated heterocycles. The first kappa shape index (κ1) is 14.1. The second-order valence-electron chi connectivity index (χ2n) is 5.00. The van der Waals surface area contributed by atoms with Crippen LogP contribution in [0.25, 0.3) is 6.08 Å². The number of aromatic nitrogens is 3. The molecule has 4 heteroatoms. The number of benzene rings is 2. The maximum absolute atomic E-state index is 4.49. The summed E-state index contributed by atoms with van der Waals surface area (Å²) in [7, 11) is 1.88. The summed E-state index contributed by atoms with van der Waals surface area (Å²) >= 11 is 0. The van der Waals surface area contributed by atoms with E-state index in [1.807, 2.05) is 61.7 Å². The van der Waals surface area contributed by atoms with Crippen LogP contribution in [-0.2, 0) is 13.5 Å². The Labute approximate surface area is 130 Å². The highest BCUT2D eigenvalue weighted by Crippen LogP contribution is 2.14. The van der Waals surface area contributed by atoms with E-state index in [4.69, 9.17) is 0 Å². The minimum absolute atomic E-state index is 0.705. The smallest absolute Gasteiger partial charge is 0.225 e. The van der Waals surface area contributed by atoms with Crippen LogP contribution in [0.1, 0.15) is 11.4 Å². The topological polar surface area (TPSA) is 42.7 Å². The monoisotopic (exact) mass is 290 g/mol. The molecule has 3 aromatic rings. The number of nitrogens with zero attached hydrogens (tertiary/aromatic N) is 3. The van der Waals surface area contributed by atoms with Crippen LogP contribution in [0.3, 0.4) is 0 Å². The Morgan fingerprint density at radius 3 is 2.41 bits per heavy atom. The molecule has 1 heterocycles. The number of para-hydroxylation sites is 1. The van der Waals surface area contributed by atoms with Gasteiger partial charge in [-0.25, -0.2) is 4.68 Å². The van der Waals surface area contributed by atoms with Gasteiger partial charge < -0.3 is 5.32 Å². The molecular weight excluding hydrogens is 272 g/mol. The Hall–Kier alpha value is -2.88. The van der Waals surface area contributed by atoms with Crippen molar-refractivity contribution >= 4 is 17.7 Å². The fraction of sp³-hybridized carbons (Fsp3) is 0.111. The van der Waals surface area contributed by atoms with Crippen LogP contribution in [0.5, 0.6) is 0 Å². The highest BCUT2D eigenvalue weighted by atomic mass is 15.4. The van der Waals surface area contributed by atoms with E-state index in [2.05, 4.69) is 33.6 Å². The van der Waals surface area contributed by atoms with E-state index in [1.165, 1.54) is 5.56 Å². The molecule has 0 atom stereocenters. The lowest BCUT2D eigenvalue weighted by Gasteiger charge is -2.03. The fourth-order valence-electron chi connectivity index (χ4n) is 2.15. The van der Waals surface area contributed by atoms with Crippen molar-refractivity contribution in [3.8, 4) is 0 Å². The second kappa shape index (κ2) is 6.72. The fourth-order valence-corrected chi connectivity index (χ4v) is 2.15. The third-order valence-electron chi connectivity index (χ3n) is 3.27. The van der Waals surface area contributed by atoms with Crippen molar-refractivity contribution in [3.63, 3.8) is 0 Å². The third-order valence-corrected chi connectivity index (χ3v) is 3.27. The molecule has 0 unspecified atom stereocenters. The lowest BCUT2D eigenvalue weighted by molar-refractivity contribution is 0.772. The summed E-state index contributed by atoms with van der Waals surface area (Å²) in [6.07, 6.45) is 4.90. The van der Waals surface area contributed by atoms with Crippen molar-refractivity contribution in [2.45, 2.75) is 6.42 Å². The van der Waals surface area contributed by atoms with Gasteiger partial charge in [0.2, 0.25) is 5.95 Å². The summed E-state index contributed by atoms with van der Waals surface area (Å²) in [4.78, 5) is 4.49. The van der Waals surface area contributed by atoms with Crippen LogP contribution in [0.2, 0.25) is 0 Å². The molecule has 1 aromatic heterocycles. The van der Waals surface area contributed by atoms with Crippen molar-refractivity contribution in [2.24, 2.45) is 7.05 Å². The van der Waals surface area contributed by atoms with E-state index < -0.39 is 0 Å². The largest absolute Gasteiger partial charge is 0.324 e. The van der Waals surface area contributed by atoms with E-state index in [0.29, 0.717) is 5.82 Å². The first-order valence-electron chi connectivity index (χ1n) is 7.25. The number of rotatable bonds is 5. The van der Waals surface area contributed by atoms with E-state index >= 15 is 0 Å². The minimum atomic E-state index is 0.705. The molecule has 0 bridgehead atoms. The van der Waals surface area contributed by atoms with Crippen molar-refractivity contribution < 1.29 is 0 Å². The van der Waals surface area contributed by atoms with E-state index in [0.717, 1.165) is 18.1 Å². The molecule has 0 saturated carbocycles. The summed E-state index contributed by atoms with van der Waals surface area (Å²) < 4.78 is 1.75. The number of allylic oxidation sites excluding steroid dienone is 1. The molecule has 0 aliphatic rings. The Balaban J connectivity index is 1.67. The van der Waals surface area contributed by atoms with Gasteiger partial charge in [0.25, 0.3) is 0 Å². The summed E-state index contributed by atoms with van der Waals surface area (Å²) in [6, 6.07) is 20.3. The molecule has 0 fully saturated rings. The maximum Gasteiger partial charge on any atom is 0.225 e. The van der Waals surface area contributed by atoms with Gasteiger partial charge in [0.15, 0.2) is 5.82 Å². The highest BCUT2D eigenvalue weighted by molar-refractivity contribution is 5.54. The molecule has 110 valence electrons. The number of aryl methyl sites for hydroxylation is 1. The van der Waals surface area contributed by atoms with Gasteiger partial charge in [-0.1, -0.05) is 54.6 Å². The van der Waals surface area contributed by atoms with E-state index in [-0.39, 0.29) is 0 Å². The summed E-state index contributed by atoms with van der Waals surface area (Å²) in [5.41, 5.74) is 2.27. The molecule has 0 spiro atoms. The average molecular weight is 290 g/mol. The third kappa shape index (κ3) is 3.61. The minimum Gasteiger partial charge on any atom is -0.324 e. The number of nitrogens with one attached hydrogen (secondary N) is 1. The van der Waals surface area contributed by atoms with Crippen LogP contribution < -0.4 is 5.32 Å². The Bertz CT molecular complexity index is 745. The summed E-state index contributed by atoms with van der Waals surface area (Å²) in [5, 5.41) is 7.65. The predicted octanol–water partition coefficient (Wildman–Crippen LogP) is 3.81. The SMILES string of the molecule is Cn1nc(/C=C/Cc2ccccc2)nc1Nc1ccccc1. The van der Waals surface area contributed by atoms with Gasteiger partial charge >= 0.3 is 0 Å². The molecule has 2 aromatic carbocycles. The van der Waals surface area contributed by atoms with Crippen molar-refractivity contribution in [2.75, 3.05) is 5.32 Å². The van der Waals surface area contributed by atoms with Gasteiger partial charge in [-0.2, -0.15) is 10.1 Å². The predicted molar refractivity (Wildman–Crippen MR) is 89.9 cm³/mol. The van der Waals surface area contributed by atoms with Crippen molar-refractivity contribution in [1.82, 2.24) is 14.8 Å². The number of hydrogen-bond donors (Lipinski definition) is 1. The zero-order valence-electron chi connectivity index (χ0n) is 12.5. The van der Waals surface area contributed by atoms with Gasteiger partial charge in [0, 0.05) is 12.7 Å². The standard InChI is InChI=1S/C18H18N4/c1-22-18(19-16-12-6-3-7-13-16)20-17(21-22)14-8-11-15-9-4-2-5-10-15/h2-10,12-14H,11H2,1H3,(H,19,20,21)/b14-8+. The Morgan fingerprint density at radius 2 is 1.68 bits per heavy atom. The zero-order valence-corrected chi connectivity index (χ0v) is 12.5. The van der Waals surface area contributed by atoms with Gasteiger partial charge in [0.05, 0.1) is 0 Å². The van der Waals surface area contributed by atoms with Crippen LogP contribution in [-0.4, -0.2) is 14.8 Å². The first-order valence-corrected chi connectivity index (χ1v) is 7.25. The van der Waals surface area contributed by atoms with Gasteiger partial charge in [-0.05, 0) is 30.2 Å². The van der Waals surface area contributed by atoms with Crippen LogP contribution >= 0.6 is 0 Å². The first-order chi connectivity index (χ1) is 10.8. The zero-order chi connectivity index (χ0) is 15.2. The molecule has 0 aliphatic heterocycles. The van der Waals surface area contributed by atoms with Crippen LogP contribution in [0, 0.1) is 0 Å². The van der Waals surface area contributed by atoms with E-state index in [9.17, 15) is 0 Å². The second-order valence-corrected chi connectivity index (χ2v) is 5.00. The summed E-state index contributed by atoms with van der Waals surface area (Å²) in [6.45, 7) is 0. The molecule has 4 nitrogen and oxygen atoms in total. The molecular formula is C18H18N4. The van der Waals surface area contributed by atoms with Crippen LogP contribution in [0.4, 0.5) is 11.6 Å². The molecule has 0 amide bonds. The number of hydrogen-bond acceptors (Lipinski definition) is 3. The lowest BCUT2D eigenvalue weighted by atomic mass is 10.1. The lowest BCUT2D eigenvalue weighted by Crippen LogP contribution is -1.99. The highest BCUT2D eigenvalue weighted by Gasteiger charge is 2.04. The Morgan fingerprint density at radius 1 is 1.00 bits per heavy atom. The number of anilines is 2. The summed E-state index contributed by atoms with van der Waals surface area (Å²) in [5.74, 6) is 1.43. The molecule has 3 rings (SSSR count). The van der Waals surface area contributed by atoms with Gasteiger partial charge in [-0.15, -0.1) is 0 Å². The van der Waals surface area contributed by atoms with Crippen molar-refractivity contribution in [1.29, 1.82) is 0 Å². The van der Waals surface area contributed by atoms with Gasteiger partial charge in [-0.3, -0.25) is 0 Å². The molecule has 0 aliphatic carbocycles. The van der Waals surface area contributed by atoms with Gasteiger partial charge in [0.1, 0.15) is 0 Å². The molecule has 1 N–H and O–H groups in total. The molecule has 0 radical (unpaired) electrons. The maximum atomic E-state index is 4.49. The Kier molecular flexibility index (Phi) is 4.30. The average Bonchev–Trinajstić information content (AvgIpc) is 2.89. The normalized spacial score (nSPS) is 11.0. The quantitative estimate of drug-likeness (QED) is 0.777.